The second kappa shape index (κ2) is 6.71. The lowest BCUT2D eigenvalue weighted by Gasteiger charge is -2.36. The van der Waals surface area contributed by atoms with Crippen molar-refractivity contribution >= 4 is 11.8 Å². The van der Waals surface area contributed by atoms with E-state index in [1.54, 1.807) is 12.1 Å². The van der Waals surface area contributed by atoms with Gasteiger partial charge in [-0.15, -0.1) is 0 Å². The average Bonchev–Trinajstić information content (AvgIpc) is 2.47. The number of nitrogens with one attached hydrogen (secondary N) is 2. The molecule has 0 unspecified atom stereocenters. The van der Waals surface area contributed by atoms with Gasteiger partial charge < -0.3 is 15.7 Å². The summed E-state index contributed by atoms with van der Waals surface area (Å²) in [6, 6.07) is 7.13. The van der Waals surface area contributed by atoms with Crippen LogP contribution in [0.4, 0.5) is 0 Å². The van der Waals surface area contributed by atoms with Crippen LogP contribution >= 0.6 is 0 Å². The molecule has 0 atom stereocenters. The van der Waals surface area contributed by atoms with Crippen molar-refractivity contribution < 1.29 is 14.7 Å². The molecule has 1 aliphatic carbocycles. The Morgan fingerprint density at radius 2 is 1.74 bits per heavy atom. The maximum Gasteiger partial charge on any atom is 0.251 e. The van der Waals surface area contributed by atoms with Gasteiger partial charge in [0.15, 0.2) is 0 Å². The zero-order valence-electron chi connectivity index (χ0n) is 14.1. The Bertz CT molecular complexity index is 569. The van der Waals surface area contributed by atoms with Gasteiger partial charge >= 0.3 is 0 Å². The van der Waals surface area contributed by atoms with Crippen molar-refractivity contribution in [1.82, 2.24) is 10.6 Å². The fraction of sp³-hybridized carbons (Fsp3) is 0.556. The van der Waals surface area contributed by atoms with Crippen LogP contribution in [0.25, 0.3) is 0 Å². The Morgan fingerprint density at radius 1 is 1.13 bits per heavy atom. The molecule has 5 heteroatoms. The van der Waals surface area contributed by atoms with Gasteiger partial charge in [0.05, 0.1) is 5.60 Å². The van der Waals surface area contributed by atoms with E-state index in [0.717, 1.165) is 24.8 Å². The first-order chi connectivity index (χ1) is 10.7. The molecular weight excluding hydrogens is 292 g/mol. The highest BCUT2D eigenvalue weighted by atomic mass is 16.3. The van der Waals surface area contributed by atoms with Crippen molar-refractivity contribution in [2.24, 2.45) is 5.41 Å². The Hall–Kier alpha value is -1.88. The van der Waals surface area contributed by atoms with Crippen molar-refractivity contribution in [1.29, 1.82) is 0 Å². The number of carbonyl (C=O) groups is 2. The van der Waals surface area contributed by atoms with Gasteiger partial charge in [-0.3, -0.25) is 9.59 Å². The monoisotopic (exact) mass is 318 g/mol. The van der Waals surface area contributed by atoms with E-state index in [1.807, 2.05) is 32.9 Å². The maximum absolute atomic E-state index is 12.0. The fourth-order valence-electron chi connectivity index (χ4n) is 2.33. The lowest BCUT2D eigenvalue weighted by atomic mass is 9.80. The normalized spacial score (nSPS) is 16.3. The predicted octanol–water partition coefficient (Wildman–Crippen LogP) is 1.99. The quantitative estimate of drug-likeness (QED) is 0.777. The SMILES string of the molecule is CC(C)(C)C(=O)NCc1ccc(C(=O)NCC2(O)CCC2)cc1. The summed E-state index contributed by atoms with van der Waals surface area (Å²) in [5.74, 6) is -0.191. The van der Waals surface area contributed by atoms with Crippen molar-refractivity contribution in [2.45, 2.75) is 52.2 Å². The molecule has 0 saturated heterocycles. The number of rotatable bonds is 5. The topological polar surface area (TPSA) is 78.4 Å². The van der Waals surface area contributed by atoms with Crippen molar-refractivity contribution in [3.05, 3.63) is 35.4 Å². The van der Waals surface area contributed by atoms with Crippen LogP contribution in [-0.4, -0.2) is 29.1 Å². The first-order valence-corrected chi connectivity index (χ1v) is 8.07. The third-order valence-electron chi connectivity index (χ3n) is 4.21. The molecule has 1 aromatic rings. The summed E-state index contributed by atoms with van der Waals surface area (Å²) in [4.78, 5) is 23.9. The van der Waals surface area contributed by atoms with Gasteiger partial charge in [0.25, 0.3) is 5.91 Å². The fourth-order valence-corrected chi connectivity index (χ4v) is 2.33. The summed E-state index contributed by atoms with van der Waals surface area (Å²) in [6.07, 6.45) is 2.51. The maximum atomic E-state index is 12.0. The van der Waals surface area contributed by atoms with Gasteiger partial charge in [0, 0.05) is 24.1 Å². The molecule has 0 aromatic heterocycles. The molecule has 23 heavy (non-hydrogen) atoms. The largest absolute Gasteiger partial charge is 0.388 e. The average molecular weight is 318 g/mol. The first-order valence-electron chi connectivity index (χ1n) is 8.07. The number of benzene rings is 1. The lowest BCUT2D eigenvalue weighted by Crippen LogP contribution is -2.47. The molecule has 3 N–H and O–H groups in total. The van der Waals surface area contributed by atoms with Crippen LogP contribution in [0.5, 0.6) is 0 Å². The molecule has 5 nitrogen and oxygen atoms in total. The van der Waals surface area contributed by atoms with E-state index in [1.165, 1.54) is 0 Å². The molecule has 126 valence electrons. The highest BCUT2D eigenvalue weighted by Crippen LogP contribution is 2.30. The smallest absolute Gasteiger partial charge is 0.251 e. The lowest BCUT2D eigenvalue weighted by molar-refractivity contribution is -0.128. The van der Waals surface area contributed by atoms with Crippen LogP contribution in [-0.2, 0) is 11.3 Å². The minimum absolute atomic E-state index is 0.00642. The second-order valence-electron chi connectivity index (χ2n) is 7.39. The third kappa shape index (κ3) is 4.79. The van der Waals surface area contributed by atoms with Gasteiger partial charge in [0.2, 0.25) is 5.91 Å². The highest BCUT2D eigenvalue weighted by molar-refractivity contribution is 5.94. The number of carbonyl (C=O) groups excluding carboxylic acids is 2. The molecule has 1 aliphatic rings. The number of hydrogen-bond acceptors (Lipinski definition) is 3. The molecule has 1 fully saturated rings. The van der Waals surface area contributed by atoms with Crippen LogP contribution < -0.4 is 10.6 Å². The van der Waals surface area contributed by atoms with Crippen molar-refractivity contribution in [2.75, 3.05) is 6.54 Å². The summed E-state index contributed by atoms with van der Waals surface area (Å²) in [6.45, 7) is 6.34. The van der Waals surface area contributed by atoms with Crippen molar-refractivity contribution in [3.8, 4) is 0 Å². The standard InChI is InChI=1S/C18H26N2O3/c1-17(2,3)16(22)19-11-13-5-7-14(8-6-13)15(21)20-12-18(23)9-4-10-18/h5-8,23H,4,9-12H2,1-3H3,(H,19,22)(H,20,21). The zero-order valence-corrected chi connectivity index (χ0v) is 14.1. The molecule has 0 heterocycles. The van der Waals surface area contributed by atoms with Gasteiger partial charge in [-0.2, -0.15) is 0 Å². The minimum atomic E-state index is -0.715. The Labute approximate surface area is 137 Å². The summed E-state index contributed by atoms with van der Waals surface area (Å²) < 4.78 is 0. The van der Waals surface area contributed by atoms with Crippen LogP contribution in [0.2, 0.25) is 0 Å². The van der Waals surface area contributed by atoms with Gasteiger partial charge in [-0.25, -0.2) is 0 Å². The predicted molar refractivity (Wildman–Crippen MR) is 88.9 cm³/mol. The molecule has 0 radical (unpaired) electrons. The molecule has 2 amide bonds. The van der Waals surface area contributed by atoms with E-state index in [-0.39, 0.29) is 11.8 Å². The molecule has 1 aromatic carbocycles. The third-order valence-corrected chi connectivity index (χ3v) is 4.21. The Balaban J connectivity index is 1.84. The van der Waals surface area contributed by atoms with Crippen LogP contribution in [0.15, 0.2) is 24.3 Å². The van der Waals surface area contributed by atoms with E-state index >= 15 is 0 Å². The number of hydrogen-bond donors (Lipinski definition) is 3. The van der Waals surface area contributed by atoms with Gasteiger partial charge in [0.1, 0.15) is 0 Å². The molecular formula is C18H26N2O3. The summed E-state index contributed by atoms with van der Waals surface area (Å²) >= 11 is 0. The Morgan fingerprint density at radius 3 is 2.22 bits per heavy atom. The minimum Gasteiger partial charge on any atom is -0.388 e. The summed E-state index contributed by atoms with van der Waals surface area (Å²) in [7, 11) is 0. The Kier molecular flexibility index (Phi) is 5.09. The second-order valence-corrected chi connectivity index (χ2v) is 7.39. The molecule has 0 spiro atoms. The van der Waals surface area contributed by atoms with Gasteiger partial charge in [-0.05, 0) is 37.0 Å². The molecule has 1 saturated carbocycles. The van der Waals surface area contributed by atoms with Gasteiger partial charge in [-0.1, -0.05) is 32.9 Å². The number of aliphatic hydroxyl groups is 1. The van der Waals surface area contributed by atoms with E-state index in [9.17, 15) is 14.7 Å². The van der Waals surface area contributed by atoms with Crippen LogP contribution in [0, 0.1) is 5.41 Å². The number of amides is 2. The zero-order chi connectivity index (χ0) is 17.1. The summed E-state index contributed by atoms with van der Waals surface area (Å²) in [5.41, 5.74) is 0.365. The molecule has 0 aliphatic heterocycles. The first kappa shape index (κ1) is 17.5. The van der Waals surface area contributed by atoms with E-state index in [0.29, 0.717) is 18.7 Å². The van der Waals surface area contributed by atoms with Crippen molar-refractivity contribution in [3.63, 3.8) is 0 Å². The summed E-state index contributed by atoms with van der Waals surface area (Å²) in [5, 5.41) is 15.6. The van der Waals surface area contributed by atoms with Crippen LogP contribution in [0.3, 0.4) is 0 Å². The van der Waals surface area contributed by atoms with Crippen LogP contribution in [0.1, 0.15) is 56.0 Å². The highest BCUT2D eigenvalue weighted by Gasteiger charge is 2.34. The van der Waals surface area contributed by atoms with E-state index in [2.05, 4.69) is 10.6 Å². The van der Waals surface area contributed by atoms with E-state index < -0.39 is 11.0 Å². The molecule has 2 rings (SSSR count). The van der Waals surface area contributed by atoms with E-state index in [4.69, 9.17) is 0 Å². The molecule has 0 bridgehead atoms.